The zero-order valence-corrected chi connectivity index (χ0v) is 17.7. The summed E-state index contributed by atoms with van der Waals surface area (Å²) in [7, 11) is 1.60. The number of carbonyl (C=O) groups is 1. The van der Waals surface area contributed by atoms with Crippen molar-refractivity contribution in [2.45, 2.75) is 31.0 Å². The summed E-state index contributed by atoms with van der Waals surface area (Å²) < 4.78 is 12.6. The molecule has 3 heterocycles. The van der Waals surface area contributed by atoms with Gasteiger partial charge in [0.15, 0.2) is 10.8 Å². The van der Waals surface area contributed by atoms with Crippen LogP contribution in [0, 0.1) is 12.3 Å². The number of methoxy groups -OCH3 is 1. The number of aromatic nitrogens is 4. The molecule has 1 fully saturated rings. The van der Waals surface area contributed by atoms with Gasteiger partial charge in [-0.3, -0.25) is 19.9 Å². The lowest BCUT2D eigenvalue weighted by molar-refractivity contribution is -0.119. The molecule has 1 aromatic carbocycles. The van der Waals surface area contributed by atoms with E-state index in [0.29, 0.717) is 28.5 Å². The third kappa shape index (κ3) is 4.19. The van der Waals surface area contributed by atoms with E-state index in [9.17, 15) is 4.79 Å². The standard InChI is InChI=1S/C20H24N6O3S/c1-12-17-18(21)26(13-5-3-6-14(9-13)28-2)20(23-19(17)25-24-12)30-11-16(27)22-10-15-7-4-8-29-15/h3,5-6,9,15,21H,4,7-8,10-11H2,1-2H3,(H,22,27)(H,24,25)/t15-/m0/s1. The molecule has 3 aromatic rings. The van der Waals surface area contributed by atoms with E-state index in [1.807, 2.05) is 31.2 Å². The van der Waals surface area contributed by atoms with E-state index in [-0.39, 0.29) is 23.3 Å². The number of carbonyl (C=O) groups excluding carboxylic acids is 1. The van der Waals surface area contributed by atoms with Crippen LogP contribution in [0.4, 0.5) is 0 Å². The Balaban J connectivity index is 1.62. The normalized spacial score (nSPS) is 16.1. The smallest absolute Gasteiger partial charge is 0.230 e. The lowest BCUT2D eigenvalue weighted by Gasteiger charge is -2.14. The number of hydrogen-bond donors (Lipinski definition) is 3. The molecule has 4 rings (SSSR count). The average molecular weight is 429 g/mol. The minimum atomic E-state index is -0.0978. The molecule has 0 aliphatic carbocycles. The van der Waals surface area contributed by atoms with E-state index in [2.05, 4.69) is 20.5 Å². The number of aryl methyl sites for hydroxylation is 1. The van der Waals surface area contributed by atoms with E-state index < -0.39 is 0 Å². The summed E-state index contributed by atoms with van der Waals surface area (Å²) in [5.41, 5.74) is 2.21. The number of H-pyrrole nitrogens is 1. The lowest BCUT2D eigenvalue weighted by Crippen LogP contribution is -2.33. The molecule has 1 saturated heterocycles. The topological polar surface area (TPSA) is 118 Å². The van der Waals surface area contributed by atoms with Crippen molar-refractivity contribution in [3.63, 3.8) is 0 Å². The van der Waals surface area contributed by atoms with Gasteiger partial charge in [-0.1, -0.05) is 17.8 Å². The largest absolute Gasteiger partial charge is 0.497 e. The van der Waals surface area contributed by atoms with Crippen LogP contribution in [0.2, 0.25) is 0 Å². The SMILES string of the molecule is COc1cccc(-n2c(SCC(=O)NC[C@@H]3CCCO3)nc3n[nH]c(C)c3c2=N)c1. The molecule has 2 aromatic heterocycles. The van der Waals surface area contributed by atoms with Crippen molar-refractivity contribution in [2.75, 3.05) is 26.0 Å². The molecule has 0 saturated carbocycles. The van der Waals surface area contributed by atoms with Gasteiger partial charge in [-0.15, -0.1) is 0 Å². The van der Waals surface area contributed by atoms with Crippen molar-refractivity contribution < 1.29 is 14.3 Å². The minimum Gasteiger partial charge on any atom is -0.497 e. The summed E-state index contributed by atoms with van der Waals surface area (Å²) in [6.07, 6.45) is 2.11. The Hall–Kier alpha value is -2.85. The van der Waals surface area contributed by atoms with Gasteiger partial charge in [0.2, 0.25) is 5.91 Å². The zero-order chi connectivity index (χ0) is 21.1. The van der Waals surface area contributed by atoms with E-state index in [4.69, 9.17) is 14.9 Å². The van der Waals surface area contributed by atoms with Crippen LogP contribution in [0.3, 0.4) is 0 Å². The first-order valence-corrected chi connectivity index (χ1v) is 10.7. The second-order valence-corrected chi connectivity index (χ2v) is 8.00. The number of hydrogen-bond acceptors (Lipinski definition) is 7. The number of thioether (sulfide) groups is 1. The summed E-state index contributed by atoms with van der Waals surface area (Å²) in [5, 5.41) is 19.9. The van der Waals surface area contributed by atoms with Gasteiger partial charge in [-0.2, -0.15) is 5.10 Å². The Labute approximate surface area is 177 Å². The highest BCUT2D eigenvalue weighted by atomic mass is 32.2. The molecule has 1 atom stereocenters. The lowest BCUT2D eigenvalue weighted by atomic mass is 10.2. The molecule has 0 spiro atoms. The maximum atomic E-state index is 12.4. The van der Waals surface area contributed by atoms with Gasteiger partial charge in [0.1, 0.15) is 11.2 Å². The van der Waals surface area contributed by atoms with Crippen LogP contribution < -0.4 is 15.5 Å². The van der Waals surface area contributed by atoms with E-state index in [1.165, 1.54) is 11.8 Å². The fraction of sp³-hybridized carbons (Fsp3) is 0.400. The van der Waals surface area contributed by atoms with Crippen molar-refractivity contribution in [1.82, 2.24) is 25.1 Å². The highest BCUT2D eigenvalue weighted by molar-refractivity contribution is 7.99. The third-order valence-corrected chi connectivity index (χ3v) is 5.91. The molecule has 1 aliphatic rings. The average Bonchev–Trinajstić information content (AvgIpc) is 3.40. The summed E-state index contributed by atoms with van der Waals surface area (Å²) in [4.78, 5) is 17.0. The van der Waals surface area contributed by atoms with Crippen LogP contribution >= 0.6 is 11.8 Å². The quantitative estimate of drug-likeness (QED) is 0.391. The maximum absolute atomic E-state index is 12.4. The first-order chi connectivity index (χ1) is 14.6. The number of amides is 1. The number of aromatic amines is 1. The highest BCUT2D eigenvalue weighted by Gasteiger charge is 2.18. The zero-order valence-electron chi connectivity index (χ0n) is 16.9. The Bertz CT molecular complexity index is 1120. The number of fused-ring (bicyclic) bond motifs is 1. The molecule has 9 nitrogen and oxygen atoms in total. The number of benzene rings is 1. The second-order valence-electron chi connectivity index (χ2n) is 7.05. The molecule has 1 aliphatic heterocycles. The van der Waals surface area contributed by atoms with Crippen LogP contribution in [0.5, 0.6) is 5.75 Å². The molecular formula is C20H24N6O3S. The molecule has 30 heavy (non-hydrogen) atoms. The molecule has 0 radical (unpaired) electrons. The highest BCUT2D eigenvalue weighted by Crippen LogP contribution is 2.23. The van der Waals surface area contributed by atoms with Gasteiger partial charge in [0, 0.05) is 24.9 Å². The number of nitrogens with one attached hydrogen (secondary N) is 3. The second kappa shape index (κ2) is 8.88. The van der Waals surface area contributed by atoms with Gasteiger partial charge in [0.25, 0.3) is 0 Å². The van der Waals surface area contributed by atoms with Crippen LogP contribution in [0.15, 0.2) is 29.4 Å². The van der Waals surface area contributed by atoms with Crippen molar-refractivity contribution in [1.29, 1.82) is 5.41 Å². The van der Waals surface area contributed by atoms with Gasteiger partial charge in [-0.25, -0.2) is 4.98 Å². The maximum Gasteiger partial charge on any atom is 0.230 e. The number of rotatable bonds is 7. The molecule has 0 bridgehead atoms. The summed E-state index contributed by atoms with van der Waals surface area (Å²) >= 11 is 1.27. The van der Waals surface area contributed by atoms with E-state index >= 15 is 0 Å². The van der Waals surface area contributed by atoms with Gasteiger partial charge in [0.05, 0.1) is 30.0 Å². The van der Waals surface area contributed by atoms with E-state index in [1.54, 1.807) is 11.7 Å². The van der Waals surface area contributed by atoms with Crippen LogP contribution in [-0.4, -0.2) is 57.8 Å². The molecule has 10 heteroatoms. The van der Waals surface area contributed by atoms with Gasteiger partial charge < -0.3 is 14.8 Å². The van der Waals surface area contributed by atoms with E-state index in [0.717, 1.165) is 30.8 Å². The predicted molar refractivity (Wildman–Crippen MR) is 113 cm³/mol. The van der Waals surface area contributed by atoms with Crippen LogP contribution in [0.25, 0.3) is 16.7 Å². The molecular weight excluding hydrogens is 404 g/mol. The third-order valence-electron chi connectivity index (χ3n) is 4.98. The van der Waals surface area contributed by atoms with Gasteiger partial charge >= 0.3 is 0 Å². The summed E-state index contributed by atoms with van der Waals surface area (Å²) in [6, 6.07) is 7.41. The number of nitrogens with zero attached hydrogens (tertiary/aromatic N) is 3. The van der Waals surface area contributed by atoms with Gasteiger partial charge in [-0.05, 0) is 31.9 Å². The monoisotopic (exact) mass is 428 g/mol. The first kappa shape index (κ1) is 20.4. The Morgan fingerprint density at radius 3 is 3.13 bits per heavy atom. The fourth-order valence-electron chi connectivity index (χ4n) is 3.43. The molecule has 0 unspecified atom stereocenters. The summed E-state index contributed by atoms with van der Waals surface area (Å²) in [5.74, 6) is 0.755. The van der Waals surface area contributed by atoms with Crippen LogP contribution in [0.1, 0.15) is 18.5 Å². The van der Waals surface area contributed by atoms with Crippen molar-refractivity contribution in [2.24, 2.45) is 0 Å². The summed E-state index contributed by atoms with van der Waals surface area (Å²) in [6.45, 7) is 3.13. The molecule has 1 amide bonds. The Kier molecular flexibility index (Phi) is 6.05. The first-order valence-electron chi connectivity index (χ1n) is 9.74. The molecule has 158 valence electrons. The van der Waals surface area contributed by atoms with Crippen molar-refractivity contribution in [3.05, 3.63) is 35.4 Å². The van der Waals surface area contributed by atoms with Crippen LogP contribution in [-0.2, 0) is 9.53 Å². The van der Waals surface area contributed by atoms with Crippen molar-refractivity contribution in [3.8, 4) is 11.4 Å². The van der Waals surface area contributed by atoms with Crippen molar-refractivity contribution >= 4 is 28.7 Å². The Morgan fingerprint density at radius 1 is 1.50 bits per heavy atom. The Morgan fingerprint density at radius 2 is 2.37 bits per heavy atom. The fourth-order valence-corrected chi connectivity index (χ4v) is 4.27. The minimum absolute atomic E-state index is 0.0978. The predicted octanol–water partition coefficient (Wildman–Crippen LogP) is 1.93. The molecule has 3 N–H and O–H groups in total. The number of ether oxygens (including phenoxy) is 2.